The van der Waals surface area contributed by atoms with Crippen molar-refractivity contribution in [3.05, 3.63) is 30.2 Å². The van der Waals surface area contributed by atoms with Gasteiger partial charge in [0.2, 0.25) is 0 Å². The highest BCUT2D eigenvalue weighted by molar-refractivity contribution is 5.24. The molecular formula is C11H17. The van der Waals surface area contributed by atoms with Crippen molar-refractivity contribution >= 4 is 0 Å². The summed E-state index contributed by atoms with van der Waals surface area (Å²) < 4.78 is 0. The Hall–Kier alpha value is -0.520. The number of hydrogen-bond acceptors (Lipinski definition) is 0. The molecule has 61 valence electrons. The van der Waals surface area contributed by atoms with Gasteiger partial charge in [0.1, 0.15) is 0 Å². The number of rotatable bonds is 3. The molecule has 0 spiro atoms. The van der Waals surface area contributed by atoms with Gasteiger partial charge in [-0.05, 0) is 25.7 Å². The summed E-state index contributed by atoms with van der Waals surface area (Å²) in [5.74, 6) is 1.50. The van der Waals surface area contributed by atoms with E-state index in [-0.39, 0.29) is 0 Å². The molecule has 0 atom stereocenters. The van der Waals surface area contributed by atoms with Gasteiger partial charge in [-0.1, -0.05) is 37.6 Å². The second-order valence-electron chi connectivity index (χ2n) is 3.06. The molecule has 1 aliphatic rings. The highest BCUT2D eigenvalue weighted by atomic mass is 14.1. The molecule has 0 saturated heterocycles. The van der Waals surface area contributed by atoms with Crippen LogP contribution in [0.3, 0.4) is 0 Å². The summed E-state index contributed by atoms with van der Waals surface area (Å²) in [7, 11) is 0. The molecule has 0 unspecified atom stereocenters. The van der Waals surface area contributed by atoms with Crippen molar-refractivity contribution < 1.29 is 0 Å². The van der Waals surface area contributed by atoms with Gasteiger partial charge in [-0.3, -0.25) is 0 Å². The fraction of sp³-hybridized carbons (Fsp3) is 0.545. The topological polar surface area (TPSA) is 0 Å². The quantitative estimate of drug-likeness (QED) is 0.574. The van der Waals surface area contributed by atoms with E-state index in [4.69, 9.17) is 0 Å². The summed E-state index contributed by atoms with van der Waals surface area (Å²) >= 11 is 0. The van der Waals surface area contributed by atoms with Crippen LogP contribution in [0.1, 0.15) is 39.0 Å². The molecule has 1 aliphatic carbocycles. The first-order valence-corrected chi connectivity index (χ1v) is 4.62. The Bertz CT molecular complexity index is 142. The van der Waals surface area contributed by atoms with Crippen LogP contribution in [0, 0.1) is 5.92 Å². The third-order valence-corrected chi connectivity index (χ3v) is 1.96. The largest absolute Gasteiger partial charge is 0.0876 e. The Balaban J connectivity index is 2.24. The van der Waals surface area contributed by atoms with Crippen molar-refractivity contribution in [2.24, 2.45) is 0 Å². The first-order valence-electron chi connectivity index (χ1n) is 4.62. The monoisotopic (exact) mass is 149 g/mol. The lowest BCUT2D eigenvalue weighted by Gasteiger charge is -2.10. The summed E-state index contributed by atoms with van der Waals surface area (Å²) in [5, 5.41) is 0. The molecule has 0 aliphatic heterocycles. The highest BCUT2D eigenvalue weighted by Gasteiger charge is 2.03. The second kappa shape index (κ2) is 5.17. The van der Waals surface area contributed by atoms with Crippen LogP contribution in [0.5, 0.6) is 0 Å². The third-order valence-electron chi connectivity index (χ3n) is 1.96. The van der Waals surface area contributed by atoms with E-state index in [0.29, 0.717) is 0 Å². The van der Waals surface area contributed by atoms with Gasteiger partial charge in [-0.25, -0.2) is 0 Å². The molecule has 0 amide bonds. The van der Waals surface area contributed by atoms with Gasteiger partial charge >= 0.3 is 0 Å². The van der Waals surface area contributed by atoms with Crippen LogP contribution >= 0.6 is 0 Å². The molecule has 0 bridgehead atoms. The van der Waals surface area contributed by atoms with Crippen LogP contribution in [-0.4, -0.2) is 0 Å². The summed E-state index contributed by atoms with van der Waals surface area (Å²) in [6.07, 6.45) is 15.4. The molecule has 0 aromatic rings. The molecule has 0 N–H and O–H groups in total. The Morgan fingerprint density at radius 2 is 2.45 bits per heavy atom. The minimum Gasteiger partial charge on any atom is -0.0876 e. The highest BCUT2D eigenvalue weighted by Crippen LogP contribution is 2.20. The van der Waals surface area contributed by atoms with Gasteiger partial charge in [-0.15, -0.1) is 0 Å². The molecule has 0 fully saturated rings. The van der Waals surface area contributed by atoms with E-state index < -0.39 is 0 Å². The van der Waals surface area contributed by atoms with Crippen molar-refractivity contribution in [1.29, 1.82) is 0 Å². The fourth-order valence-corrected chi connectivity index (χ4v) is 1.28. The van der Waals surface area contributed by atoms with E-state index in [9.17, 15) is 0 Å². The van der Waals surface area contributed by atoms with E-state index in [0.717, 1.165) is 0 Å². The Morgan fingerprint density at radius 3 is 3.09 bits per heavy atom. The Kier molecular flexibility index (Phi) is 4.03. The second-order valence-corrected chi connectivity index (χ2v) is 3.06. The van der Waals surface area contributed by atoms with Gasteiger partial charge in [0.05, 0.1) is 0 Å². The first kappa shape index (κ1) is 8.58. The standard InChI is InChI=1S/C11H17/c1-2-3-5-8-11-9-6-4-7-10-11/h5-6,8-9H,2-4,7,10H2,1H3. The molecule has 1 rings (SSSR count). The zero-order chi connectivity index (χ0) is 7.94. The Morgan fingerprint density at radius 1 is 1.55 bits per heavy atom. The van der Waals surface area contributed by atoms with E-state index in [1.54, 1.807) is 0 Å². The molecule has 0 aromatic carbocycles. The maximum Gasteiger partial charge on any atom is 0.0187 e. The van der Waals surface area contributed by atoms with Crippen molar-refractivity contribution in [1.82, 2.24) is 0 Å². The molecular weight excluding hydrogens is 132 g/mol. The van der Waals surface area contributed by atoms with Gasteiger partial charge in [0.25, 0.3) is 0 Å². The van der Waals surface area contributed by atoms with Crippen molar-refractivity contribution in [3.8, 4) is 0 Å². The van der Waals surface area contributed by atoms with Gasteiger partial charge in [-0.2, -0.15) is 0 Å². The van der Waals surface area contributed by atoms with Crippen LogP contribution in [0.2, 0.25) is 0 Å². The molecule has 11 heavy (non-hydrogen) atoms. The number of allylic oxidation sites excluding steroid dienone is 4. The molecule has 0 heterocycles. The summed E-state index contributed by atoms with van der Waals surface area (Å²) in [6, 6.07) is 0. The predicted octanol–water partition coefficient (Wildman–Crippen LogP) is 3.66. The average molecular weight is 149 g/mol. The summed E-state index contributed by atoms with van der Waals surface area (Å²) in [6.45, 7) is 2.21. The molecule has 0 nitrogen and oxygen atoms in total. The van der Waals surface area contributed by atoms with Gasteiger partial charge < -0.3 is 0 Å². The maximum atomic E-state index is 2.28. The van der Waals surface area contributed by atoms with E-state index in [1.807, 2.05) is 0 Å². The van der Waals surface area contributed by atoms with E-state index >= 15 is 0 Å². The molecule has 0 heteroatoms. The van der Waals surface area contributed by atoms with Gasteiger partial charge in [0.15, 0.2) is 0 Å². The van der Waals surface area contributed by atoms with Crippen LogP contribution in [0.4, 0.5) is 0 Å². The summed E-state index contributed by atoms with van der Waals surface area (Å²) in [5.41, 5.74) is 0. The third kappa shape index (κ3) is 3.41. The lowest BCUT2D eigenvalue weighted by Crippen LogP contribution is -1.93. The lowest BCUT2D eigenvalue weighted by atomic mass is 9.95. The Labute approximate surface area is 70.0 Å². The first-order chi connectivity index (χ1) is 5.43. The minimum atomic E-state index is 1.22. The number of unbranched alkanes of at least 4 members (excludes halogenated alkanes) is 1. The van der Waals surface area contributed by atoms with Crippen molar-refractivity contribution in [2.45, 2.75) is 39.0 Å². The normalized spacial score (nSPS) is 19.7. The SMILES string of the molecule is CCCC=C[C]1C=CCCC1. The fourth-order valence-electron chi connectivity index (χ4n) is 1.28. The van der Waals surface area contributed by atoms with Crippen LogP contribution in [-0.2, 0) is 0 Å². The van der Waals surface area contributed by atoms with Crippen molar-refractivity contribution in [3.63, 3.8) is 0 Å². The van der Waals surface area contributed by atoms with Gasteiger partial charge in [0, 0.05) is 5.92 Å². The lowest BCUT2D eigenvalue weighted by molar-refractivity contribution is 0.777. The maximum absolute atomic E-state index is 2.28. The zero-order valence-electron chi connectivity index (χ0n) is 7.34. The molecule has 0 saturated carbocycles. The van der Waals surface area contributed by atoms with E-state index in [1.165, 1.54) is 38.0 Å². The molecule has 1 radical (unpaired) electrons. The average Bonchev–Trinajstić information content (AvgIpc) is 2.07. The van der Waals surface area contributed by atoms with E-state index in [2.05, 4.69) is 31.2 Å². The van der Waals surface area contributed by atoms with Crippen molar-refractivity contribution in [2.75, 3.05) is 0 Å². The van der Waals surface area contributed by atoms with Crippen LogP contribution in [0.15, 0.2) is 24.3 Å². The minimum absolute atomic E-state index is 1.22. The zero-order valence-corrected chi connectivity index (χ0v) is 7.34. The smallest absolute Gasteiger partial charge is 0.0187 e. The van der Waals surface area contributed by atoms with Crippen LogP contribution in [0.25, 0.3) is 0 Å². The van der Waals surface area contributed by atoms with Crippen LogP contribution < -0.4 is 0 Å². The summed E-state index contributed by atoms with van der Waals surface area (Å²) in [4.78, 5) is 0. The molecule has 0 aromatic heterocycles. The number of hydrogen-bond donors (Lipinski definition) is 0. The predicted molar refractivity (Wildman–Crippen MR) is 50.3 cm³/mol.